The van der Waals surface area contributed by atoms with Crippen molar-refractivity contribution >= 4 is 17.6 Å². The number of benzene rings is 1. The van der Waals surface area contributed by atoms with Crippen LogP contribution in [-0.4, -0.2) is 31.4 Å². The first-order chi connectivity index (χ1) is 10.3. The molecule has 0 bridgehead atoms. The molecule has 0 radical (unpaired) electrons. The summed E-state index contributed by atoms with van der Waals surface area (Å²) in [6.45, 7) is -0.0994. The molecule has 0 saturated carbocycles. The number of rotatable bonds is 2. The third-order valence-electron chi connectivity index (χ3n) is 2.68. The molecular formula is C12H10F4N2O4. The van der Waals surface area contributed by atoms with E-state index >= 15 is 0 Å². The second-order valence-corrected chi connectivity index (χ2v) is 4.28. The van der Waals surface area contributed by atoms with Crippen molar-refractivity contribution in [1.82, 2.24) is 5.32 Å². The second-order valence-electron chi connectivity index (χ2n) is 4.28. The fourth-order valence-electron chi connectivity index (χ4n) is 1.66. The normalized spacial score (nSPS) is 18.1. The molecule has 1 aliphatic rings. The first-order valence-corrected chi connectivity index (χ1v) is 5.95. The lowest BCUT2D eigenvalue weighted by Crippen LogP contribution is -2.42. The summed E-state index contributed by atoms with van der Waals surface area (Å²) in [5.74, 6) is -2.31. The molecule has 10 heteroatoms. The van der Waals surface area contributed by atoms with Gasteiger partial charge in [-0.3, -0.25) is 10.1 Å². The summed E-state index contributed by atoms with van der Waals surface area (Å²) in [4.78, 5) is 23.0. The van der Waals surface area contributed by atoms with Gasteiger partial charge < -0.3 is 14.8 Å². The van der Waals surface area contributed by atoms with Crippen molar-refractivity contribution in [2.24, 2.45) is 0 Å². The zero-order valence-electron chi connectivity index (χ0n) is 10.9. The average molecular weight is 322 g/mol. The monoisotopic (exact) mass is 322 g/mol. The van der Waals surface area contributed by atoms with E-state index in [1.165, 1.54) is 0 Å². The molecule has 1 unspecified atom stereocenters. The van der Waals surface area contributed by atoms with Crippen LogP contribution in [0.4, 0.5) is 28.0 Å². The summed E-state index contributed by atoms with van der Waals surface area (Å²) >= 11 is 0. The number of halogens is 4. The molecule has 0 spiro atoms. The minimum Gasteiger partial charge on any atom is -0.352 e. The van der Waals surface area contributed by atoms with E-state index in [0.717, 1.165) is 6.07 Å². The van der Waals surface area contributed by atoms with Crippen molar-refractivity contribution < 1.29 is 36.6 Å². The number of carbonyl (C=O) groups is 2. The highest BCUT2D eigenvalue weighted by Crippen LogP contribution is 2.32. The third kappa shape index (κ3) is 3.92. The van der Waals surface area contributed by atoms with Gasteiger partial charge in [-0.15, -0.1) is 0 Å². The van der Waals surface area contributed by atoms with Crippen molar-refractivity contribution in [3.05, 3.63) is 29.6 Å². The van der Waals surface area contributed by atoms with Crippen LogP contribution in [0.1, 0.15) is 5.56 Å². The number of ether oxygens (including phenoxy) is 2. The molecular weight excluding hydrogens is 312 g/mol. The first kappa shape index (κ1) is 16.2. The van der Waals surface area contributed by atoms with Crippen LogP contribution in [0.2, 0.25) is 0 Å². The van der Waals surface area contributed by atoms with Crippen molar-refractivity contribution in [2.45, 2.75) is 12.3 Å². The van der Waals surface area contributed by atoms with Gasteiger partial charge in [0.05, 0.1) is 12.2 Å². The van der Waals surface area contributed by atoms with Crippen LogP contribution in [-0.2, 0) is 20.4 Å². The lowest BCUT2D eigenvalue weighted by atomic mass is 10.2. The highest BCUT2D eigenvalue weighted by molar-refractivity contribution is 6.02. The minimum atomic E-state index is -4.83. The van der Waals surface area contributed by atoms with Crippen molar-refractivity contribution in [2.75, 3.05) is 18.7 Å². The number of imide groups is 1. The quantitative estimate of drug-likeness (QED) is 0.815. The van der Waals surface area contributed by atoms with Crippen LogP contribution in [0.3, 0.4) is 0 Å². The Hall–Kier alpha value is -2.20. The maximum absolute atomic E-state index is 13.3. The second kappa shape index (κ2) is 6.28. The predicted molar refractivity (Wildman–Crippen MR) is 64.3 cm³/mol. The summed E-state index contributed by atoms with van der Waals surface area (Å²) in [5.41, 5.74) is -1.69. The van der Waals surface area contributed by atoms with Crippen LogP contribution in [0.25, 0.3) is 0 Å². The van der Waals surface area contributed by atoms with Crippen molar-refractivity contribution in [1.29, 1.82) is 0 Å². The number of amides is 3. The van der Waals surface area contributed by atoms with Crippen LogP contribution >= 0.6 is 0 Å². The molecule has 2 N–H and O–H groups in total. The van der Waals surface area contributed by atoms with Crippen LogP contribution in [0.15, 0.2) is 18.2 Å². The van der Waals surface area contributed by atoms with Crippen molar-refractivity contribution in [3.63, 3.8) is 0 Å². The van der Waals surface area contributed by atoms with E-state index in [2.05, 4.69) is 0 Å². The van der Waals surface area contributed by atoms with Gasteiger partial charge in [-0.25, -0.2) is 9.18 Å². The van der Waals surface area contributed by atoms with E-state index < -0.39 is 35.6 Å². The zero-order chi connectivity index (χ0) is 16.3. The molecule has 1 aromatic rings. The van der Waals surface area contributed by atoms with Crippen molar-refractivity contribution in [3.8, 4) is 0 Å². The van der Waals surface area contributed by atoms with Gasteiger partial charge in [0.15, 0.2) is 6.10 Å². The highest BCUT2D eigenvalue weighted by Gasteiger charge is 2.34. The minimum absolute atomic E-state index is 0.0198. The molecule has 120 valence electrons. The van der Waals surface area contributed by atoms with Gasteiger partial charge in [0.25, 0.3) is 5.91 Å². The fourth-order valence-corrected chi connectivity index (χ4v) is 1.66. The van der Waals surface area contributed by atoms with Crippen LogP contribution < -0.4 is 10.6 Å². The Morgan fingerprint density at radius 1 is 1.27 bits per heavy atom. The molecule has 1 atom stereocenters. The van der Waals surface area contributed by atoms with Crippen LogP contribution in [0.5, 0.6) is 0 Å². The predicted octanol–water partition coefficient (Wildman–Crippen LogP) is 1.87. The smallest absolute Gasteiger partial charge is 0.352 e. The standard InChI is InChI=1S/C12H10F4N2O4/c13-8-3-6(1-2-7(8)12(14,15)16)17-11(20)18-10(19)9-4-21-5-22-9/h1-3,9H,4-5H2,(H2,17,18,19,20). The summed E-state index contributed by atoms with van der Waals surface area (Å²) in [7, 11) is 0. The maximum Gasteiger partial charge on any atom is 0.419 e. The van der Waals surface area contributed by atoms with E-state index in [1.54, 1.807) is 0 Å². The molecule has 2 rings (SSSR count). The number of urea groups is 1. The number of anilines is 1. The molecule has 1 aromatic carbocycles. The fraction of sp³-hybridized carbons (Fsp3) is 0.333. The van der Waals surface area contributed by atoms with Gasteiger partial charge in [-0.05, 0) is 18.2 Å². The number of hydrogen-bond donors (Lipinski definition) is 2. The van der Waals surface area contributed by atoms with E-state index in [4.69, 9.17) is 9.47 Å². The summed E-state index contributed by atoms with van der Waals surface area (Å²) < 4.78 is 60.0. The van der Waals surface area contributed by atoms with Gasteiger partial charge in [0, 0.05) is 5.69 Å². The third-order valence-corrected chi connectivity index (χ3v) is 2.68. The van der Waals surface area contributed by atoms with Gasteiger partial charge in [-0.2, -0.15) is 13.2 Å². The summed E-state index contributed by atoms with van der Waals surface area (Å²) in [6, 6.07) is 0.827. The molecule has 1 heterocycles. The average Bonchev–Trinajstić information content (AvgIpc) is 2.90. The number of alkyl halides is 3. The Labute approximate surface area is 121 Å². The number of carbonyl (C=O) groups excluding carboxylic acids is 2. The Balaban J connectivity index is 1.97. The molecule has 0 aromatic heterocycles. The SMILES string of the molecule is O=C(NC(=O)C1COCO1)Nc1ccc(C(F)(F)F)c(F)c1. The lowest BCUT2D eigenvalue weighted by Gasteiger charge is -2.11. The van der Waals surface area contributed by atoms with E-state index in [-0.39, 0.29) is 19.1 Å². The van der Waals surface area contributed by atoms with Gasteiger partial charge in [0.1, 0.15) is 12.6 Å². The highest BCUT2D eigenvalue weighted by atomic mass is 19.4. The van der Waals surface area contributed by atoms with E-state index in [0.29, 0.717) is 12.1 Å². The molecule has 22 heavy (non-hydrogen) atoms. The molecule has 1 aliphatic heterocycles. The van der Waals surface area contributed by atoms with Gasteiger partial charge in [0.2, 0.25) is 0 Å². The zero-order valence-corrected chi connectivity index (χ0v) is 10.9. The number of nitrogens with one attached hydrogen (secondary N) is 2. The topological polar surface area (TPSA) is 76.7 Å². The molecule has 3 amide bonds. The molecule has 1 saturated heterocycles. The van der Waals surface area contributed by atoms with E-state index in [9.17, 15) is 27.2 Å². The van der Waals surface area contributed by atoms with Gasteiger partial charge >= 0.3 is 12.2 Å². The molecule has 0 aliphatic carbocycles. The first-order valence-electron chi connectivity index (χ1n) is 5.95. The largest absolute Gasteiger partial charge is 0.419 e. The lowest BCUT2D eigenvalue weighted by molar-refractivity contribution is -0.140. The van der Waals surface area contributed by atoms with Crippen LogP contribution in [0, 0.1) is 5.82 Å². The molecule has 6 nitrogen and oxygen atoms in total. The van der Waals surface area contributed by atoms with Gasteiger partial charge in [-0.1, -0.05) is 0 Å². The Bertz CT molecular complexity index is 585. The van der Waals surface area contributed by atoms with E-state index in [1.807, 2.05) is 10.6 Å². The Morgan fingerprint density at radius 3 is 2.55 bits per heavy atom. The Morgan fingerprint density at radius 2 is 2.00 bits per heavy atom. The summed E-state index contributed by atoms with van der Waals surface area (Å²) in [5, 5.41) is 3.94. The number of hydrogen-bond acceptors (Lipinski definition) is 4. The summed E-state index contributed by atoms with van der Waals surface area (Å²) in [6.07, 6.45) is -5.78. The molecule has 1 fully saturated rings. The Kier molecular flexibility index (Phi) is 4.62. The maximum atomic E-state index is 13.3.